The standard InChI is InChI=1S/C13H19NO3S/c1-9-6-10(16-2)7-12(17-3)11(9)8-14-13(15)4-5-18/h6-7,18H,4-5,8H2,1-3H3,(H,14,15). The minimum absolute atomic E-state index is 0.0118. The summed E-state index contributed by atoms with van der Waals surface area (Å²) in [7, 11) is 3.22. The Morgan fingerprint density at radius 3 is 2.61 bits per heavy atom. The fourth-order valence-electron chi connectivity index (χ4n) is 1.66. The van der Waals surface area contributed by atoms with Gasteiger partial charge in [-0.2, -0.15) is 12.6 Å². The molecular formula is C13H19NO3S. The van der Waals surface area contributed by atoms with Crippen molar-refractivity contribution in [2.24, 2.45) is 0 Å². The molecule has 5 heteroatoms. The SMILES string of the molecule is COc1cc(C)c(CNC(=O)CCS)c(OC)c1. The normalized spacial score (nSPS) is 10.0. The zero-order valence-corrected chi connectivity index (χ0v) is 11.8. The number of nitrogens with one attached hydrogen (secondary N) is 1. The van der Waals surface area contributed by atoms with Crippen LogP contribution in [0.2, 0.25) is 0 Å². The number of methoxy groups -OCH3 is 2. The van der Waals surface area contributed by atoms with Gasteiger partial charge in [-0.3, -0.25) is 4.79 Å². The van der Waals surface area contributed by atoms with Crippen molar-refractivity contribution in [3.05, 3.63) is 23.3 Å². The molecular weight excluding hydrogens is 250 g/mol. The average Bonchev–Trinajstić information content (AvgIpc) is 2.36. The van der Waals surface area contributed by atoms with Crippen molar-refractivity contribution in [2.45, 2.75) is 19.9 Å². The van der Waals surface area contributed by atoms with Crippen molar-refractivity contribution in [2.75, 3.05) is 20.0 Å². The summed E-state index contributed by atoms with van der Waals surface area (Å²) in [6.07, 6.45) is 0.417. The number of rotatable bonds is 6. The van der Waals surface area contributed by atoms with E-state index in [-0.39, 0.29) is 5.91 Å². The van der Waals surface area contributed by atoms with E-state index in [1.807, 2.05) is 19.1 Å². The van der Waals surface area contributed by atoms with Gasteiger partial charge in [0.05, 0.1) is 14.2 Å². The number of benzene rings is 1. The number of ether oxygens (including phenoxy) is 2. The van der Waals surface area contributed by atoms with Crippen LogP contribution in [0.5, 0.6) is 11.5 Å². The van der Waals surface area contributed by atoms with E-state index >= 15 is 0 Å². The molecule has 1 N–H and O–H groups in total. The summed E-state index contributed by atoms with van der Waals surface area (Å²) in [6, 6.07) is 3.73. The van der Waals surface area contributed by atoms with E-state index in [9.17, 15) is 4.79 Å². The lowest BCUT2D eigenvalue weighted by molar-refractivity contribution is -0.120. The zero-order valence-electron chi connectivity index (χ0n) is 10.9. The molecule has 0 spiro atoms. The molecule has 1 aromatic rings. The molecule has 18 heavy (non-hydrogen) atoms. The first-order valence-corrected chi connectivity index (χ1v) is 6.34. The van der Waals surface area contributed by atoms with Crippen LogP contribution in [-0.2, 0) is 11.3 Å². The molecule has 0 bridgehead atoms. The number of aryl methyl sites for hydroxylation is 1. The molecule has 0 aliphatic rings. The Hall–Kier alpha value is -1.36. The molecule has 100 valence electrons. The van der Waals surface area contributed by atoms with Gasteiger partial charge in [0.15, 0.2) is 0 Å². The van der Waals surface area contributed by atoms with Crippen molar-refractivity contribution in [1.82, 2.24) is 5.32 Å². The Bertz CT molecular complexity index is 421. The molecule has 0 saturated heterocycles. The van der Waals surface area contributed by atoms with Gasteiger partial charge < -0.3 is 14.8 Å². The van der Waals surface area contributed by atoms with Gasteiger partial charge in [-0.15, -0.1) is 0 Å². The summed E-state index contributed by atoms with van der Waals surface area (Å²) in [6.45, 7) is 2.41. The van der Waals surface area contributed by atoms with Crippen molar-refractivity contribution >= 4 is 18.5 Å². The summed E-state index contributed by atoms with van der Waals surface area (Å²) in [5, 5.41) is 2.84. The second-order valence-corrected chi connectivity index (χ2v) is 4.32. The molecule has 1 aromatic carbocycles. The van der Waals surface area contributed by atoms with Gasteiger partial charge in [0, 0.05) is 24.6 Å². The van der Waals surface area contributed by atoms with Gasteiger partial charge >= 0.3 is 0 Å². The minimum atomic E-state index is -0.0118. The molecule has 0 aromatic heterocycles. The third kappa shape index (κ3) is 3.84. The topological polar surface area (TPSA) is 47.6 Å². The molecule has 0 fully saturated rings. The van der Waals surface area contributed by atoms with Gasteiger partial charge in [0.25, 0.3) is 0 Å². The highest BCUT2D eigenvalue weighted by Gasteiger charge is 2.10. The lowest BCUT2D eigenvalue weighted by Gasteiger charge is -2.14. The molecule has 0 aliphatic heterocycles. The number of carbonyl (C=O) groups is 1. The molecule has 0 atom stereocenters. The van der Waals surface area contributed by atoms with E-state index in [2.05, 4.69) is 17.9 Å². The van der Waals surface area contributed by atoms with E-state index in [1.54, 1.807) is 14.2 Å². The first-order valence-electron chi connectivity index (χ1n) is 5.71. The predicted octanol–water partition coefficient (Wildman–Crippen LogP) is 1.95. The maximum Gasteiger partial charge on any atom is 0.221 e. The van der Waals surface area contributed by atoms with Crippen LogP contribution in [0.4, 0.5) is 0 Å². The first-order chi connectivity index (χ1) is 8.62. The van der Waals surface area contributed by atoms with E-state index < -0.39 is 0 Å². The monoisotopic (exact) mass is 269 g/mol. The van der Waals surface area contributed by atoms with Crippen LogP contribution in [0.1, 0.15) is 17.5 Å². The van der Waals surface area contributed by atoms with Crippen LogP contribution in [-0.4, -0.2) is 25.9 Å². The number of thiol groups is 1. The maximum atomic E-state index is 11.4. The van der Waals surface area contributed by atoms with Crippen LogP contribution in [0, 0.1) is 6.92 Å². The summed E-state index contributed by atoms with van der Waals surface area (Å²) in [5.41, 5.74) is 1.99. The van der Waals surface area contributed by atoms with Crippen LogP contribution in [0.15, 0.2) is 12.1 Å². The predicted molar refractivity (Wildman–Crippen MR) is 74.6 cm³/mol. The number of hydrogen-bond acceptors (Lipinski definition) is 4. The second kappa shape index (κ2) is 7.16. The van der Waals surface area contributed by atoms with Crippen LogP contribution in [0.3, 0.4) is 0 Å². The highest BCUT2D eigenvalue weighted by atomic mass is 32.1. The molecule has 0 heterocycles. The molecule has 0 unspecified atom stereocenters. The van der Waals surface area contributed by atoms with Crippen LogP contribution in [0.25, 0.3) is 0 Å². The van der Waals surface area contributed by atoms with E-state index in [0.29, 0.717) is 18.7 Å². The number of amides is 1. The minimum Gasteiger partial charge on any atom is -0.497 e. The lowest BCUT2D eigenvalue weighted by atomic mass is 10.1. The summed E-state index contributed by atoms with van der Waals surface area (Å²) >= 11 is 4.02. The largest absolute Gasteiger partial charge is 0.497 e. The Morgan fingerprint density at radius 2 is 2.06 bits per heavy atom. The Morgan fingerprint density at radius 1 is 1.33 bits per heavy atom. The summed E-state index contributed by atoms with van der Waals surface area (Å²) < 4.78 is 10.5. The molecule has 0 saturated carbocycles. The van der Waals surface area contributed by atoms with Crippen molar-refractivity contribution < 1.29 is 14.3 Å². The molecule has 0 aliphatic carbocycles. The molecule has 1 rings (SSSR count). The van der Waals surface area contributed by atoms with Gasteiger partial charge in [-0.1, -0.05) is 0 Å². The highest BCUT2D eigenvalue weighted by Crippen LogP contribution is 2.28. The smallest absolute Gasteiger partial charge is 0.221 e. The van der Waals surface area contributed by atoms with E-state index in [1.165, 1.54) is 0 Å². The zero-order chi connectivity index (χ0) is 13.5. The van der Waals surface area contributed by atoms with Crippen molar-refractivity contribution in [3.8, 4) is 11.5 Å². The third-order valence-corrected chi connectivity index (χ3v) is 2.89. The van der Waals surface area contributed by atoms with Crippen molar-refractivity contribution in [1.29, 1.82) is 0 Å². The molecule has 4 nitrogen and oxygen atoms in total. The fourth-order valence-corrected chi connectivity index (χ4v) is 1.86. The van der Waals surface area contributed by atoms with Gasteiger partial charge in [0.1, 0.15) is 11.5 Å². The van der Waals surface area contributed by atoms with Gasteiger partial charge in [0.2, 0.25) is 5.91 Å². The fraction of sp³-hybridized carbons (Fsp3) is 0.462. The highest BCUT2D eigenvalue weighted by molar-refractivity contribution is 7.80. The molecule has 1 amide bonds. The number of carbonyl (C=O) groups excluding carboxylic acids is 1. The van der Waals surface area contributed by atoms with Crippen LogP contribution < -0.4 is 14.8 Å². The van der Waals surface area contributed by atoms with E-state index in [4.69, 9.17) is 9.47 Å². The van der Waals surface area contributed by atoms with Crippen LogP contribution >= 0.6 is 12.6 Å². The maximum absolute atomic E-state index is 11.4. The Balaban J connectivity index is 2.84. The van der Waals surface area contributed by atoms with Gasteiger partial charge in [-0.25, -0.2) is 0 Å². The summed E-state index contributed by atoms with van der Waals surface area (Å²) in [4.78, 5) is 11.4. The quantitative estimate of drug-likeness (QED) is 0.776. The molecule has 0 radical (unpaired) electrons. The van der Waals surface area contributed by atoms with Gasteiger partial charge in [-0.05, 0) is 24.3 Å². The van der Waals surface area contributed by atoms with Crippen molar-refractivity contribution in [3.63, 3.8) is 0 Å². The Kier molecular flexibility index (Phi) is 5.85. The number of hydrogen-bond donors (Lipinski definition) is 2. The van der Waals surface area contributed by atoms with E-state index in [0.717, 1.165) is 22.6 Å². The second-order valence-electron chi connectivity index (χ2n) is 3.88. The average molecular weight is 269 g/mol. The Labute approximate surface area is 113 Å². The third-order valence-electron chi connectivity index (χ3n) is 2.66. The summed E-state index contributed by atoms with van der Waals surface area (Å²) in [5.74, 6) is 2.00. The lowest BCUT2D eigenvalue weighted by Crippen LogP contribution is -2.23. The first kappa shape index (κ1) is 14.7.